The molecule has 1 aliphatic rings. The summed E-state index contributed by atoms with van der Waals surface area (Å²) >= 11 is 0. The van der Waals surface area contributed by atoms with Crippen molar-refractivity contribution in [2.24, 2.45) is 0 Å². The minimum Gasteiger partial charge on any atom is -0.383 e. The van der Waals surface area contributed by atoms with Gasteiger partial charge in [-0.25, -0.2) is 0 Å². The minimum atomic E-state index is -4.36. The molecule has 1 fully saturated rings. The maximum absolute atomic E-state index is 12.7. The molecule has 0 amide bonds. The molecular weight excluding hydrogens is 295 g/mol. The molecule has 3 atom stereocenters. The van der Waals surface area contributed by atoms with Gasteiger partial charge < -0.3 is 10.1 Å². The fourth-order valence-corrected chi connectivity index (χ4v) is 2.76. The maximum Gasteiger partial charge on any atom is 0.417 e. The van der Waals surface area contributed by atoms with E-state index >= 15 is 0 Å². The zero-order valence-corrected chi connectivity index (χ0v) is 13.0. The van der Waals surface area contributed by atoms with Gasteiger partial charge in [0.25, 0.3) is 0 Å². The van der Waals surface area contributed by atoms with Gasteiger partial charge in [0.2, 0.25) is 0 Å². The Balaban J connectivity index is 2.23. The van der Waals surface area contributed by atoms with Crippen LogP contribution in [0.4, 0.5) is 13.2 Å². The van der Waals surface area contributed by atoms with Gasteiger partial charge >= 0.3 is 6.18 Å². The van der Waals surface area contributed by atoms with E-state index in [0.29, 0.717) is 18.3 Å². The fraction of sp³-hybridized carbons (Fsp3) is 0.667. The van der Waals surface area contributed by atoms with Gasteiger partial charge in [0.15, 0.2) is 0 Å². The molecule has 0 aromatic carbocycles. The van der Waals surface area contributed by atoms with E-state index in [9.17, 15) is 13.2 Å². The molecule has 1 N–H and O–H groups in total. The number of alkyl halides is 3. The van der Waals surface area contributed by atoms with Crippen LogP contribution >= 0.6 is 0 Å². The molecule has 7 heteroatoms. The van der Waals surface area contributed by atoms with Crippen LogP contribution in [-0.2, 0) is 10.9 Å². The lowest BCUT2D eigenvalue weighted by Crippen LogP contribution is -2.56. The van der Waals surface area contributed by atoms with Crippen LogP contribution in [0, 0.1) is 0 Å². The summed E-state index contributed by atoms with van der Waals surface area (Å²) in [6.07, 6.45) is -3.46. The van der Waals surface area contributed by atoms with E-state index in [1.807, 2.05) is 0 Å². The molecular formula is C15H22F3N3O. The highest BCUT2D eigenvalue weighted by molar-refractivity contribution is 5.19. The highest BCUT2D eigenvalue weighted by Gasteiger charge is 2.33. The Kier molecular flexibility index (Phi) is 5.41. The SMILES string of the molecule is COCC(c1ccc(C(F)(F)F)cn1)N1C[C@H](C)NC[C@H]1C. The number of pyridine rings is 1. The number of aromatic nitrogens is 1. The molecule has 4 nitrogen and oxygen atoms in total. The van der Waals surface area contributed by atoms with Crippen molar-refractivity contribution in [2.45, 2.75) is 38.1 Å². The van der Waals surface area contributed by atoms with Crippen molar-refractivity contribution in [1.29, 1.82) is 0 Å². The maximum atomic E-state index is 12.7. The molecule has 22 heavy (non-hydrogen) atoms. The number of methoxy groups -OCH3 is 1. The molecule has 124 valence electrons. The molecule has 1 aliphatic heterocycles. The molecule has 1 aromatic rings. The Labute approximate surface area is 128 Å². The van der Waals surface area contributed by atoms with Gasteiger partial charge in [0.05, 0.1) is 23.9 Å². The topological polar surface area (TPSA) is 37.4 Å². The van der Waals surface area contributed by atoms with Crippen molar-refractivity contribution >= 4 is 0 Å². The van der Waals surface area contributed by atoms with E-state index in [1.54, 1.807) is 7.11 Å². The Morgan fingerprint density at radius 1 is 1.41 bits per heavy atom. The van der Waals surface area contributed by atoms with Crippen molar-refractivity contribution in [2.75, 3.05) is 26.8 Å². The van der Waals surface area contributed by atoms with Crippen molar-refractivity contribution in [1.82, 2.24) is 15.2 Å². The normalized spacial score (nSPS) is 25.2. The first kappa shape index (κ1) is 17.2. The van der Waals surface area contributed by atoms with E-state index in [1.165, 1.54) is 6.07 Å². The molecule has 0 aliphatic carbocycles. The summed E-state index contributed by atoms with van der Waals surface area (Å²) in [5, 5.41) is 3.39. The van der Waals surface area contributed by atoms with Crippen molar-refractivity contribution in [3.8, 4) is 0 Å². The van der Waals surface area contributed by atoms with E-state index in [-0.39, 0.29) is 12.1 Å². The van der Waals surface area contributed by atoms with Gasteiger partial charge in [-0.3, -0.25) is 9.88 Å². The Morgan fingerprint density at radius 3 is 2.68 bits per heavy atom. The number of nitrogens with one attached hydrogen (secondary N) is 1. The highest BCUT2D eigenvalue weighted by atomic mass is 19.4. The Bertz CT molecular complexity index is 478. The number of rotatable bonds is 4. The van der Waals surface area contributed by atoms with Crippen LogP contribution in [0.2, 0.25) is 0 Å². The first-order valence-corrected chi connectivity index (χ1v) is 7.34. The number of piperazine rings is 1. The Morgan fingerprint density at radius 2 is 2.14 bits per heavy atom. The third-order valence-electron chi connectivity index (χ3n) is 3.99. The van der Waals surface area contributed by atoms with Gasteiger partial charge in [-0.2, -0.15) is 13.2 Å². The molecule has 0 saturated carbocycles. The van der Waals surface area contributed by atoms with Crippen molar-refractivity contribution in [3.63, 3.8) is 0 Å². The third kappa shape index (κ3) is 3.97. The molecule has 0 bridgehead atoms. The summed E-state index contributed by atoms with van der Waals surface area (Å²) < 4.78 is 43.2. The van der Waals surface area contributed by atoms with Crippen LogP contribution in [0.25, 0.3) is 0 Å². The predicted octanol–water partition coefficient (Wildman–Crippen LogP) is 2.47. The van der Waals surface area contributed by atoms with Crippen LogP contribution in [-0.4, -0.2) is 48.8 Å². The second-order valence-corrected chi connectivity index (χ2v) is 5.80. The summed E-state index contributed by atoms with van der Waals surface area (Å²) in [6, 6.07) is 2.98. The van der Waals surface area contributed by atoms with Gasteiger partial charge in [0, 0.05) is 38.5 Å². The third-order valence-corrected chi connectivity index (χ3v) is 3.99. The summed E-state index contributed by atoms with van der Waals surface area (Å²) in [4.78, 5) is 6.27. The lowest BCUT2D eigenvalue weighted by molar-refractivity contribution is -0.137. The van der Waals surface area contributed by atoms with Crippen LogP contribution in [0.15, 0.2) is 18.3 Å². The number of nitrogens with zero attached hydrogens (tertiary/aromatic N) is 2. The zero-order chi connectivity index (χ0) is 16.3. The van der Waals surface area contributed by atoms with E-state index in [0.717, 1.165) is 25.4 Å². The quantitative estimate of drug-likeness (QED) is 0.926. The molecule has 1 aromatic heterocycles. The van der Waals surface area contributed by atoms with Gasteiger partial charge in [-0.15, -0.1) is 0 Å². The first-order chi connectivity index (χ1) is 10.3. The lowest BCUT2D eigenvalue weighted by atomic mass is 10.0. The number of hydrogen-bond donors (Lipinski definition) is 1. The molecule has 0 spiro atoms. The predicted molar refractivity (Wildman–Crippen MR) is 77.5 cm³/mol. The summed E-state index contributed by atoms with van der Waals surface area (Å²) in [5.74, 6) is 0. The number of halogens is 3. The monoisotopic (exact) mass is 317 g/mol. The van der Waals surface area contributed by atoms with Gasteiger partial charge in [-0.1, -0.05) is 0 Å². The number of ether oxygens (including phenoxy) is 1. The van der Waals surface area contributed by atoms with Crippen molar-refractivity contribution in [3.05, 3.63) is 29.6 Å². The van der Waals surface area contributed by atoms with Crippen LogP contribution in [0.5, 0.6) is 0 Å². The Hall–Kier alpha value is -1.18. The first-order valence-electron chi connectivity index (χ1n) is 7.34. The fourth-order valence-electron chi connectivity index (χ4n) is 2.76. The highest BCUT2D eigenvalue weighted by Crippen LogP contribution is 2.30. The average molecular weight is 317 g/mol. The molecule has 2 rings (SSSR count). The molecule has 2 heterocycles. The summed E-state index contributed by atoms with van der Waals surface area (Å²) in [6.45, 7) is 6.21. The van der Waals surface area contributed by atoms with Gasteiger partial charge in [0.1, 0.15) is 0 Å². The minimum absolute atomic E-state index is 0.146. The largest absolute Gasteiger partial charge is 0.417 e. The lowest BCUT2D eigenvalue weighted by Gasteiger charge is -2.42. The van der Waals surface area contributed by atoms with Crippen LogP contribution in [0.1, 0.15) is 31.1 Å². The second kappa shape index (κ2) is 6.93. The van der Waals surface area contributed by atoms with Crippen LogP contribution in [0.3, 0.4) is 0 Å². The summed E-state index contributed by atoms with van der Waals surface area (Å²) in [7, 11) is 1.59. The second-order valence-electron chi connectivity index (χ2n) is 5.80. The molecule has 1 saturated heterocycles. The standard InChI is InChI=1S/C15H22F3N3O/c1-10-8-21(11(2)6-19-10)14(9-22-3)13-5-4-12(7-20-13)15(16,17)18/h4-5,7,10-11,14,19H,6,8-9H2,1-3H3/t10-,11+,14?/m0/s1. The molecule has 0 radical (unpaired) electrons. The van der Waals surface area contributed by atoms with Gasteiger partial charge in [-0.05, 0) is 26.0 Å². The van der Waals surface area contributed by atoms with Crippen LogP contribution < -0.4 is 5.32 Å². The zero-order valence-electron chi connectivity index (χ0n) is 13.0. The van der Waals surface area contributed by atoms with E-state index in [2.05, 4.69) is 29.0 Å². The summed E-state index contributed by atoms with van der Waals surface area (Å²) in [5.41, 5.74) is -0.120. The number of hydrogen-bond acceptors (Lipinski definition) is 4. The van der Waals surface area contributed by atoms with Crippen molar-refractivity contribution < 1.29 is 17.9 Å². The molecule has 1 unspecified atom stereocenters. The van der Waals surface area contributed by atoms with E-state index in [4.69, 9.17) is 4.74 Å². The average Bonchev–Trinajstić information content (AvgIpc) is 2.47. The smallest absolute Gasteiger partial charge is 0.383 e. The van der Waals surface area contributed by atoms with E-state index < -0.39 is 11.7 Å².